The van der Waals surface area contributed by atoms with Crippen molar-refractivity contribution < 1.29 is 23.8 Å². The van der Waals surface area contributed by atoms with E-state index in [4.69, 9.17) is 0 Å². The van der Waals surface area contributed by atoms with E-state index in [0.717, 1.165) is 16.1 Å². The Bertz CT molecular complexity index is 1130. The fourth-order valence-corrected chi connectivity index (χ4v) is 4.30. The summed E-state index contributed by atoms with van der Waals surface area (Å²) < 4.78 is 31.1. The number of hydrogen-bond acceptors (Lipinski definition) is 6. The number of halogens is 3. The number of alkyl halides is 1. The molecule has 2 aromatic heterocycles. The molecule has 7 nitrogen and oxygen atoms in total. The summed E-state index contributed by atoms with van der Waals surface area (Å²) in [7, 11) is 0. The van der Waals surface area contributed by atoms with E-state index in [1.54, 1.807) is 0 Å². The molecule has 10 heteroatoms. The van der Waals surface area contributed by atoms with Gasteiger partial charge in [0, 0.05) is 41.0 Å². The van der Waals surface area contributed by atoms with Gasteiger partial charge >= 0.3 is 0 Å². The minimum atomic E-state index is -1.63. The maximum atomic E-state index is 14.6. The molecule has 0 radical (unpaired) electrons. The van der Waals surface area contributed by atoms with Crippen LogP contribution in [0.3, 0.4) is 0 Å². The summed E-state index contributed by atoms with van der Waals surface area (Å²) in [4.78, 5) is 21.0. The summed E-state index contributed by atoms with van der Waals surface area (Å²) in [5.41, 5.74) is 1.00. The molecule has 3 N–H and O–H groups in total. The van der Waals surface area contributed by atoms with E-state index in [2.05, 4.69) is 31.2 Å². The lowest BCUT2D eigenvalue weighted by Crippen LogP contribution is -2.32. The number of anilines is 1. The van der Waals surface area contributed by atoms with Gasteiger partial charge < -0.3 is 20.1 Å². The van der Waals surface area contributed by atoms with Gasteiger partial charge in [-0.1, -0.05) is 34.1 Å². The van der Waals surface area contributed by atoms with Crippen molar-refractivity contribution in [2.75, 3.05) is 11.9 Å². The van der Waals surface area contributed by atoms with Crippen LogP contribution in [0.4, 0.5) is 14.6 Å². The number of carbonyl (C=O) groups excluding carboxylic acids is 1. The van der Waals surface area contributed by atoms with Crippen molar-refractivity contribution in [3.63, 3.8) is 0 Å². The van der Waals surface area contributed by atoms with Crippen LogP contribution in [0.2, 0.25) is 0 Å². The van der Waals surface area contributed by atoms with E-state index in [0.29, 0.717) is 0 Å². The lowest BCUT2D eigenvalue weighted by atomic mass is 10.1. The number of nitrogens with zero attached hydrogens (tertiary/aromatic N) is 3. The van der Waals surface area contributed by atoms with Crippen LogP contribution >= 0.6 is 15.9 Å². The van der Waals surface area contributed by atoms with Crippen LogP contribution in [0, 0.1) is 11.9 Å². The third-order valence-corrected chi connectivity index (χ3v) is 6.44. The Kier molecular flexibility index (Phi) is 6.63. The van der Waals surface area contributed by atoms with Gasteiger partial charge in [-0.3, -0.25) is 4.79 Å². The van der Waals surface area contributed by atoms with Crippen LogP contribution in [0.25, 0.3) is 0 Å². The van der Waals surface area contributed by atoms with Crippen molar-refractivity contribution in [1.29, 1.82) is 0 Å². The second-order valence-corrected chi connectivity index (χ2v) is 8.60. The molecule has 1 aliphatic rings. The molecular formula is C22H21BrF2N4O3. The number of hydrogen-bond donors (Lipinski definition) is 3. The number of rotatable bonds is 7. The highest BCUT2D eigenvalue weighted by molar-refractivity contribution is 9.10. The van der Waals surface area contributed by atoms with Gasteiger partial charge in [0.05, 0.1) is 24.3 Å². The normalized spacial score (nSPS) is 22.8. The van der Waals surface area contributed by atoms with Crippen LogP contribution in [-0.4, -0.2) is 55.5 Å². The van der Waals surface area contributed by atoms with Gasteiger partial charge in [-0.15, -0.1) is 0 Å². The average molecular weight is 507 g/mol. The molecule has 168 valence electrons. The van der Waals surface area contributed by atoms with Crippen LogP contribution in [0.5, 0.6) is 0 Å². The first-order chi connectivity index (χ1) is 15.4. The zero-order valence-electron chi connectivity index (χ0n) is 16.8. The molecule has 32 heavy (non-hydrogen) atoms. The minimum Gasteiger partial charge on any atom is -0.396 e. The topological polar surface area (TPSA) is 100 Å². The number of benzene rings is 1. The summed E-state index contributed by atoms with van der Waals surface area (Å²) in [5.74, 6) is -1.62. The van der Waals surface area contributed by atoms with E-state index in [1.165, 1.54) is 23.3 Å². The highest BCUT2D eigenvalue weighted by Crippen LogP contribution is 2.31. The summed E-state index contributed by atoms with van der Waals surface area (Å²) in [5, 5.41) is 22.1. The van der Waals surface area contributed by atoms with Gasteiger partial charge in [0.25, 0.3) is 0 Å². The Morgan fingerprint density at radius 2 is 2.12 bits per heavy atom. The SMILES string of the molecule is O=C(c1cc(F)n(Cc2ccccc2Br)c1)c1cncnc1N[C@@H]1C[C@H](CO)[C@@H](O)[C@@H]1F. The molecule has 0 saturated heterocycles. The molecule has 3 aromatic rings. The first-order valence-corrected chi connectivity index (χ1v) is 10.8. The highest BCUT2D eigenvalue weighted by Gasteiger charge is 2.43. The summed E-state index contributed by atoms with van der Waals surface area (Å²) in [6.45, 7) is -0.122. The zero-order chi connectivity index (χ0) is 22.8. The predicted octanol–water partition coefficient (Wildman–Crippen LogP) is 2.95. The minimum absolute atomic E-state index is 0.0553. The van der Waals surface area contributed by atoms with Gasteiger partial charge in [0.2, 0.25) is 0 Å². The zero-order valence-corrected chi connectivity index (χ0v) is 18.4. The lowest BCUT2D eigenvalue weighted by Gasteiger charge is -2.18. The molecule has 0 amide bonds. The molecule has 0 bridgehead atoms. The number of aromatic nitrogens is 3. The van der Waals surface area contributed by atoms with Crippen molar-refractivity contribution in [2.24, 2.45) is 5.92 Å². The molecule has 4 rings (SSSR count). The molecule has 0 unspecified atom stereocenters. The molecule has 0 aliphatic heterocycles. The van der Waals surface area contributed by atoms with E-state index < -0.39 is 36.0 Å². The van der Waals surface area contributed by atoms with Crippen LogP contribution in [-0.2, 0) is 6.54 Å². The van der Waals surface area contributed by atoms with Gasteiger partial charge in [0.15, 0.2) is 11.7 Å². The maximum absolute atomic E-state index is 14.6. The molecule has 1 saturated carbocycles. The molecule has 4 atom stereocenters. The second-order valence-electron chi connectivity index (χ2n) is 7.75. The summed E-state index contributed by atoms with van der Waals surface area (Å²) in [6, 6.07) is 7.69. The average Bonchev–Trinajstić information content (AvgIpc) is 3.29. The van der Waals surface area contributed by atoms with Crippen LogP contribution in [0.15, 0.2) is 53.5 Å². The lowest BCUT2D eigenvalue weighted by molar-refractivity contribution is 0.0444. The Balaban J connectivity index is 1.57. The smallest absolute Gasteiger partial charge is 0.199 e. The van der Waals surface area contributed by atoms with Crippen molar-refractivity contribution in [1.82, 2.24) is 14.5 Å². The van der Waals surface area contributed by atoms with Crippen molar-refractivity contribution in [3.05, 3.63) is 76.2 Å². The Labute approximate surface area is 191 Å². The third kappa shape index (κ3) is 4.43. The predicted molar refractivity (Wildman–Crippen MR) is 117 cm³/mol. The molecule has 1 fully saturated rings. The summed E-state index contributed by atoms with van der Waals surface area (Å²) in [6.07, 6.45) is 1.13. The Morgan fingerprint density at radius 1 is 1.34 bits per heavy atom. The van der Waals surface area contributed by atoms with Crippen molar-refractivity contribution >= 4 is 27.5 Å². The first-order valence-electron chi connectivity index (χ1n) is 10.0. The Hall–Kier alpha value is -2.69. The third-order valence-electron chi connectivity index (χ3n) is 5.67. The number of ketones is 1. The molecular weight excluding hydrogens is 486 g/mol. The van der Waals surface area contributed by atoms with Crippen LogP contribution < -0.4 is 5.32 Å². The number of nitrogens with one attached hydrogen (secondary N) is 1. The fraction of sp³-hybridized carbons (Fsp3) is 0.318. The quantitative estimate of drug-likeness (QED) is 0.426. The van der Waals surface area contributed by atoms with Gasteiger partial charge in [-0.05, 0) is 18.1 Å². The molecule has 1 aliphatic carbocycles. The van der Waals surface area contributed by atoms with Crippen molar-refractivity contribution in [2.45, 2.75) is 31.3 Å². The number of aliphatic hydroxyl groups is 2. The van der Waals surface area contributed by atoms with Gasteiger partial charge in [-0.2, -0.15) is 4.39 Å². The molecule has 0 spiro atoms. The van der Waals surface area contributed by atoms with Gasteiger partial charge in [-0.25, -0.2) is 14.4 Å². The maximum Gasteiger partial charge on any atom is 0.199 e. The summed E-state index contributed by atoms with van der Waals surface area (Å²) >= 11 is 3.43. The monoisotopic (exact) mass is 506 g/mol. The van der Waals surface area contributed by atoms with E-state index in [-0.39, 0.29) is 36.5 Å². The standard InChI is InChI=1S/C22H21BrF2N4O3/c23-16-4-2-1-3-12(16)8-29-9-13(6-18(29)24)20(31)15-7-26-11-27-22(15)28-17-5-14(10-30)21(32)19(17)25/h1-4,6-7,9,11,14,17,19,21,30,32H,5,8,10H2,(H,26,27,28)/t14-,17-,19-,21-/m1/s1. The Morgan fingerprint density at radius 3 is 2.84 bits per heavy atom. The largest absolute Gasteiger partial charge is 0.396 e. The highest BCUT2D eigenvalue weighted by atomic mass is 79.9. The van der Waals surface area contributed by atoms with Crippen LogP contribution in [0.1, 0.15) is 27.9 Å². The second kappa shape index (κ2) is 9.43. The molecule has 1 aromatic carbocycles. The van der Waals surface area contributed by atoms with E-state index in [1.807, 2.05) is 24.3 Å². The number of carbonyl (C=O) groups is 1. The van der Waals surface area contributed by atoms with E-state index in [9.17, 15) is 23.8 Å². The number of aliphatic hydroxyl groups excluding tert-OH is 2. The van der Waals surface area contributed by atoms with Crippen molar-refractivity contribution in [3.8, 4) is 0 Å². The van der Waals surface area contributed by atoms with Gasteiger partial charge in [0.1, 0.15) is 18.3 Å². The van der Waals surface area contributed by atoms with E-state index >= 15 is 0 Å². The first kappa shape index (κ1) is 22.5. The molecule has 2 heterocycles. The fourth-order valence-electron chi connectivity index (χ4n) is 3.89.